The van der Waals surface area contributed by atoms with E-state index in [9.17, 15) is 0 Å². The van der Waals surface area contributed by atoms with Crippen LogP contribution in [0.3, 0.4) is 0 Å². The molecule has 0 unspecified atom stereocenters. The second-order valence-electron chi connectivity index (χ2n) is 7.30. The van der Waals surface area contributed by atoms with Crippen molar-refractivity contribution in [3.05, 3.63) is 58.8 Å². The van der Waals surface area contributed by atoms with Gasteiger partial charge in [0.25, 0.3) is 0 Å². The Kier molecular flexibility index (Phi) is 3.20. The van der Waals surface area contributed by atoms with E-state index in [0.29, 0.717) is 5.92 Å². The molecule has 5 rings (SSSR count). The van der Waals surface area contributed by atoms with Crippen molar-refractivity contribution < 1.29 is 0 Å². The van der Waals surface area contributed by atoms with Crippen LogP contribution in [0.1, 0.15) is 47.0 Å². The smallest absolute Gasteiger partial charge is 0.131 e. The molecule has 122 valence electrons. The average Bonchev–Trinajstić information content (AvgIpc) is 3.38. The van der Waals surface area contributed by atoms with Crippen molar-refractivity contribution in [2.75, 3.05) is 6.54 Å². The molecule has 1 N–H and O–H groups in total. The second-order valence-corrected chi connectivity index (χ2v) is 7.30. The van der Waals surface area contributed by atoms with Gasteiger partial charge in [0, 0.05) is 66.5 Å². The van der Waals surface area contributed by atoms with Crippen molar-refractivity contribution >= 4 is 10.9 Å². The van der Waals surface area contributed by atoms with Crippen molar-refractivity contribution in [1.29, 1.82) is 0 Å². The molecule has 4 heteroatoms. The number of H-pyrrole nitrogens is 1. The lowest BCUT2D eigenvalue weighted by Crippen LogP contribution is -2.31. The van der Waals surface area contributed by atoms with Crippen LogP contribution >= 0.6 is 0 Å². The van der Waals surface area contributed by atoms with E-state index >= 15 is 0 Å². The third-order valence-corrected chi connectivity index (χ3v) is 5.29. The summed E-state index contributed by atoms with van der Waals surface area (Å²) < 4.78 is 0. The van der Waals surface area contributed by atoms with E-state index in [1.807, 2.05) is 0 Å². The largest absolute Gasteiger partial charge is 0.361 e. The predicted octanol–water partition coefficient (Wildman–Crippen LogP) is 3.70. The van der Waals surface area contributed by atoms with Crippen molar-refractivity contribution in [3.8, 4) is 0 Å². The lowest BCUT2D eigenvalue weighted by molar-refractivity contribution is 0.243. The molecule has 0 amide bonds. The summed E-state index contributed by atoms with van der Waals surface area (Å²) in [4.78, 5) is 15.3. The summed E-state index contributed by atoms with van der Waals surface area (Å²) >= 11 is 0. The number of aromatic nitrogens is 3. The molecule has 2 aromatic heterocycles. The fourth-order valence-electron chi connectivity index (χ4n) is 3.73. The summed E-state index contributed by atoms with van der Waals surface area (Å²) in [5.74, 6) is 1.72. The fraction of sp³-hybridized carbons (Fsp3) is 0.400. The predicted molar refractivity (Wildman–Crippen MR) is 94.9 cm³/mol. The number of rotatable bonds is 3. The van der Waals surface area contributed by atoms with Crippen molar-refractivity contribution in [2.45, 2.75) is 45.2 Å². The molecular formula is C20H22N4. The number of fused-ring (bicyclic) bond motifs is 2. The van der Waals surface area contributed by atoms with Gasteiger partial charge in [0.15, 0.2) is 0 Å². The Balaban J connectivity index is 1.37. The minimum absolute atomic E-state index is 0.641. The topological polar surface area (TPSA) is 44.8 Å². The van der Waals surface area contributed by atoms with E-state index in [4.69, 9.17) is 4.98 Å². The quantitative estimate of drug-likeness (QED) is 0.801. The standard InChI is InChI=1S/C20H22N4/c1-13-2-5-19-17(8-13)15(9-21-19)11-24-7-6-18-16(12-24)10-22-20(23-18)14-3-4-14/h2,5,8-10,14,21H,3-4,6-7,11-12H2,1H3. The van der Waals surface area contributed by atoms with E-state index in [1.54, 1.807) is 0 Å². The van der Waals surface area contributed by atoms with E-state index in [2.05, 4.69) is 52.4 Å². The van der Waals surface area contributed by atoms with Crippen LogP contribution in [0.5, 0.6) is 0 Å². The summed E-state index contributed by atoms with van der Waals surface area (Å²) in [7, 11) is 0. The lowest BCUT2D eigenvalue weighted by atomic mass is 10.1. The van der Waals surface area contributed by atoms with Crippen LogP contribution in [0.25, 0.3) is 10.9 Å². The number of benzene rings is 1. The van der Waals surface area contributed by atoms with Gasteiger partial charge in [-0.25, -0.2) is 9.97 Å². The summed E-state index contributed by atoms with van der Waals surface area (Å²) in [5, 5.41) is 1.35. The van der Waals surface area contributed by atoms with Gasteiger partial charge in [-0.2, -0.15) is 0 Å². The third kappa shape index (κ3) is 2.51. The van der Waals surface area contributed by atoms with E-state index in [-0.39, 0.29) is 0 Å². The number of aryl methyl sites for hydroxylation is 1. The zero-order chi connectivity index (χ0) is 16.1. The van der Waals surface area contributed by atoms with Crippen molar-refractivity contribution in [3.63, 3.8) is 0 Å². The van der Waals surface area contributed by atoms with Gasteiger partial charge in [0.2, 0.25) is 0 Å². The van der Waals surface area contributed by atoms with Crippen molar-refractivity contribution in [2.24, 2.45) is 0 Å². The molecular weight excluding hydrogens is 296 g/mol. The van der Waals surface area contributed by atoms with Crippen molar-refractivity contribution in [1.82, 2.24) is 19.9 Å². The zero-order valence-electron chi connectivity index (χ0n) is 14.0. The van der Waals surface area contributed by atoms with Crippen LogP contribution in [0.15, 0.2) is 30.6 Å². The Hall–Kier alpha value is -2.20. The molecule has 24 heavy (non-hydrogen) atoms. The first-order valence-electron chi connectivity index (χ1n) is 8.90. The molecule has 0 saturated heterocycles. The first-order valence-corrected chi connectivity index (χ1v) is 8.90. The minimum Gasteiger partial charge on any atom is -0.361 e. The number of aromatic amines is 1. The number of nitrogens with zero attached hydrogens (tertiary/aromatic N) is 3. The van der Waals surface area contributed by atoms with E-state index in [1.165, 1.54) is 46.1 Å². The normalized spacial score (nSPS) is 18.0. The molecule has 0 spiro atoms. The molecule has 0 radical (unpaired) electrons. The van der Waals surface area contributed by atoms with Gasteiger partial charge >= 0.3 is 0 Å². The molecule has 0 bridgehead atoms. The molecule has 3 aromatic rings. The number of nitrogens with one attached hydrogen (secondary N) is 1. The maximum atomic E-state index is 4.82. The average molecular weight is 318 g/mol. The Morgan fingerprint density at radius 3 is 3.08 bits per heavy atom. The van der Waals surface area contributed by atoms with Gasteiger partial charge in [-0.15, -0.1) is 0 Å². The highest BCUT2D eigenvalue weighted by atomic mass is 15.1. The number of hydrogen-bond donors (Lipinski definition) is 1. The van der Waals surface area contributed by atoms with Crippen LogP contribution < -0.4 is 0 Å². The van der Waals surface area contributed by atoms with Gasteiger partial charge in [0.05, 0.1) is 0 Å². The van der Waals surface area contributed by atoms with Gasteiger partial charge < -0.3 is 4.98 Å². The zero-order valence-corrected chi connectivity index (χ0v) is 14.0. The van der Waals surface area contributed by atoms with Gasteiger partial charge in [-0.3, -0.25) is 4.90 Å². The molecule has 1 aromatic carbocycles. The highest BCUT2D eigenvalue weighted by molar-refractivity contribution is 5.83. The number of hydrogen-bond acceptors (Lipinski definition) is 3. The molecule has 0 atom stereocenters. The molecule has 1 fully saturated rings. The monoisotopic (exact) mass is 318 g/mol. The van der Waals surface area contributed by atoms with Gasteiger partial charge in [-0.1, -0.05) is 11.6 Å². The Labute approximate surface area is 141 Å². The van der Waals surface area contributed by atoms with Crippen LogP contribution in [-0.4, -0.2) is 26.4 Å². The summed E-state index contributed by atoms with van der Waals surface area (Å²) in [5.41, 5.74) is 6.51. The minimum atomic E-state index is 0.641. The fourth-order valence-corrected chi connectivity index (χ4v) is 3.73. The first-order chi connectivity index (χ1) is 11.8. The molecule has 2 aliphatic rings. The highest BCUT2D eigenvalue weighted by Gasteiger charge is 2.28. The molecule has 1 aliphatic heterocycles. The summed E-state index contributed by atoms with van der Waals surface area (Å²) in [6, 6.07) is 6.62. The molecule has 4 nitrogen and oxygen atoms in total. The molecule has 3 heterocycles. The van der Waals surface area contributed by atoms with E-state index in [0.717, 1.165) is 31.9 Å². The van der Waals surface area contributed by atoms with Crippen LogP contribution in [0.4, 0.5) is 0 Å². The first kappa shape index (κ1) is 14.2. The second kappa shape index (κ2) is 5.42. The van der Waals surface area contributed by atoms with Crippen LogP contribution in [0, 0.1) is 6.92 Å². The molecule has 1 aliphatic carbocycles. The lowest BCUT2D eigenvalue weighted by Gasteiger charge is -2.28. The SMILES string of the molecule is Cc1ccc2[nH]cc(CN3CCc4nc(C5CC5)ncc4C3)c2c1. The highest BCUT2D eigenvalue weighted by Crippen LogP contribution is 2.38. The Morgan fingerprint density at radius 1 is 1.29 bits per heavy atom. The maximum absolute atomic E-state index is 4.82. The maximum Gasteiger partial charge on any atom is 0.131 e. The van der Waals surface area contributed by atoms with Gasteiger partial charge in [-0.05, 0) is 37.5 Å². The van der Waals surface area contributed by atoms with Crippen LogP contribution in [0.2, 0.25) is 0 Å². The van der Waals surface area contributed by atoms with Gasteiger partial charge in [0.1, 0.15) is 5.82 Å². The molecule has 1 saturated carbocycles. The summed E-state index contributed by atoms with van der Waals surface area (Å²) in [6.45, 7) is 5.17. The van der Waals surface area contributed by atoms with E-state index < -0.39 is 0 Å². The Bertz CT molecular complexity index is 907. The van der Waals surface area contributed by atoms with Crippen LogP contribution in [-0.2, 0) is 19.5 Å². The summed E-state index contributed by atoms with van der Waals surface area (Å²) in [6.07, 6.45) is 7.81. The third-order valence-electron chi connectivity index (χ3n) is 5.29. The Morgan fingerprint density at radius 2 is 2.21 bits per heavy atom.